The molecule has 0 aromatic carbocycles. The molecule has 4 unspecified atom stereocenters. The maximum atomic E-state index is 12.5. The molecular weight excluding hydrogens is 312 g/mol. The van der Waals surface area contributed by atoms with Gasteiger partial charge in [0.2, 0.25) is 0 Å². The lowest BCUT2D eigenvalue weighted by Gasteiger charge is -2.52. The molecule has 4 bridgehead atoms. The second-order valence-electron chi connectivity index (χ2n) is 8.82. The summed E-state index contributed by atoms with van der Waals surface area (Å²) in [4.78, 5) is 36.7. The molecule has 4 atom stereocenters. The molecule has 134 valence electrons. The molecule has 0 spiro atoms. The molecule has 2 saturated carbocycles. The topological polar surface area (TPSA) is 78.9 Å². The predicted octanol–water partition coefficient (Wildman–Crippen LogP) is 2.38. The molecule has 0 N–H and O–H groups in total. The molecule has 6 heteroatoms. The van der Waals surface area contributed by atoms with Crippen molar-refractivity contribution in [2.24, 2.45) is 16.7 Å². The summed E-state index contributed by atoms with van der Waals surface area (Å²) in [6.45, 7) is 5.45. The van der Waals surface area contributed by atoms with Gasteiger partial charge in [-0.05, 0) is 45.4 Å². The number of fused-ring (bicyclic) bond motifs is 1. The maximum Gasteiger partial charge on any atom is 0.311 e. The van der Waals surface area contributed by atoms with E-state index in [0.717, 1.165) is 0 Å². The van der Waals surface area contributed by atoms with Gasteiger partial charge in [-0.1, -0.05) is 0 Å². The lowest BCUT2D eigenvalue weighted by Crippen LogP contribution is -2.54. The van der Waals surface area contributed by atoms with Gasteiger partial charge in [0.15, 0.2) is 0 Å². The van der Waals surface area contributed by atoms with Gasteiger partial charge in [0.1, 0.15) is 11.7 Å². The molecule has 0 radical (unpaired) electrons. The summed E-state index contributed by atoms with van der Waals surface area (Å²) in [5.41, 5.74) is -1.71. The Balaban J connectivity index is 1.92. The average Bonchev–Trinajstić information content (AvgIpc) is 2.58. The largest absolute Gasteiger partial charge is 0.469 e. The average molecular weight is 338 g/mol. The van der Waals surface area contributed by atoms with E-state index >= 15 is 0 Å². The first-order valence-electron chi connectivity index (χ1n) is 8.57. The molecule has 4 rings (SSSR count). The standard InChI is InChI=1S/C18H26O6/c1-16(2,3)15(21)24-18-6-11-5-17(10-18,9-13(19)22-4)7-12(8-18)23-14(11)20/h11-12H,5-10H2,1-4H3. The van der Waals surface area contributed by atoms with Crippen LogP contribution in [0.5, 0.6) is 0 Å². The van der Waals surface area contributed by atoms with Crippen LogP contribution < -0.4 is 0 Å². The number of hydrogen-bond donors (Lipinski definition) is 0. The third-order valence-electron chi connectivity index (χ3n) is 5.54. The number of rotatable bonds is 3. The van der Waals surface area contributed by atoms with E-state index in [2.05, 4.69) is 0 Å². The third-order valence-corrected chi connectivity index (χ3v) is 5.54. The Bertz CT molecular complexity index is 577. The Morgan fingerprint density at radius 3 is 2.54 bits per heavy atom. The molecule has 6 nitrogen and oxygen atoms in total. The minimum Gasteiger partial charge on any atom is -0.469 e. The summed E-state index contributed by atoms with van der Waals surface area (Å²) in [5, 5.41) is 0. The van der Waals surface area contributed by atoms with Crippen LogP contribution in [0.15, 0.2) is 0 Å². The van der Waals surface area contributed by atoms with Gasteiger partial charge in [-0.3, -0.25) is 14.4 Å². The molecule has 2 aliphatic heterocycles. The van der Waals surface area contributed by atoms with Crippen molar-refractivity contribution in [2.45, 2.75) is 71.0 Å². The van der Waals surface area contributed by atoms with Gasteiger partial charge < -0.3 is 14.2 Å². The highest BCUT2D eigenvalue weighted by molar-refractivity contribution is 5.77. The number of ether oxygens (including phenoxy) is 3. The van der Waals surface area contributed by atoms with E-state index in [9.17, 15) is 14.4 Å². The highest BCUT2D eigenvalue weighted by atomic mass is 16.6. The fourth-order valence-electron chi connectivity index (χ4n) is 4.72. The van der Waals surface area contributed by atoms with Crippen LogP contribution in [-0.2, 0) is 28.6 Å². The van der Waals surface area contributed by atoms with Crippen LogP contribution in [0.3, 0.4) is 0 Å². The Morgan fingerprint density at radius 1 is 1.21 bits per heavy atom. The Labute approximate surface area is 142 Å². The normalized spacial score (nSPS) is 37.6. The molecule has 2 saturated heterocycles. The fraction of sp³-hybridized carbons (Fsp3) is 0.833. The van der Waals surface area contributed by atoms with E-state index in [1.165, 1.54) is 7.11 Å². The van der Waals surface area contributed by atoms with E-state index in [4.69, 9.17) is 14.2 Å². The lowest BCUT2D eigenvalue weighted by atomic mass is 9.55. The monoisotopic (exact) mass is 338 g/mol. The van der Waals surface area contributed by atoms with E-state index in [-0.39, 0.29) is 41.8 Å². The summed E-state index contributed by atoms with van der Waals surface area (Å²) >= 11 is 0. The van der Waals surface area contributed by atoms with Crippen LogP contribution in [0.25, 0.3) is 0 Å². The third kappa shape index (κ3) is 3.03. The van der Waals surface area contributed by atoms with Gasteiger partial charge in [0.05, 0.1) is 24.9 Å². The Kier molecular flexibility index (Phi) is 3.92. The van der Waals surface area contributed by atoms with Crippen molar-refractivity contribution < 1.29 is 28.6 Å². The van der Waals surface area contributed by atoms with Gasteiger partial charge in [-0.2, -0.15) is 0 Å². The first-order chi connectivity index (χ1) is 11.1. The Morgan fingerprint density at radius 2 is 1.92 bits per heavy atom. The van der Waals surface area contributed by atoms with Gasteiger partial charge in [0.25, 0.3) is 0 Å². The zero-order valence-electron chi connectivity index (χ0n) is 14.8. The number of hydrogen-bond acceptors (Lipinski definition) is 6. The number of methoxy groups -OCH3 is 1. The van der Waals surface area contributed by atoms with E-state index in [0.29, 0.717) is 32.1 Å². The summed E-state index contributed by atoms with van der Waals surface area (Å²) in [7, 11) is 1.37. The quantitative estimate of drug-likeness (QED) is 0.581. The van der Waals surface area contributed by atoms with Crippen molar-refractivity contribution >= 4 is 17.9 Å². The first-order valence-corrected chi connectivity index (χ1v) is 8.57. The van der Waals surface area contributed by atoms with Crippen LogP contribution in [0.4, 0.5) is 0 Å². The molecule has 24 heavy (non-hydrogen) atoms. The smallest absolute Gasteiger partial charge is 0.311 e. The second-order valence-corrected chi connectivity index (χ2v) is 8.82. The zero-order chi connectivity index (χ0) is 17.8. The predicted molar refractivity (Wildman–Crippen MR) is 83.8 cm³/mol. The van der Waals surface area contributed by atoms with E-state index in [1.807, 2.05) is 20.8 Å². The van der Waals surface area contributed by atoms with E-state index in [1.54, 1.807) is 0 Å². The molecule has 4 aliphatic rings. The van der Waals surface area contributed by atoms with Crippen molar-refractivity contribution in [2.75, 3.05) is 7.11 Å². The van der Waals surface area contributed by atoms with Crippen LogP contribution in [0, 0.1) is 16.7 Å². The van der Waals surface area contributed by atoms with Gasteiger partial charge >= 0.3 is 17.9 Å². The van der Waals surface area contributed by atoms with Crippen LogP contribution in [0.2, 0.25) is 0 Å². The first kappa shape index (κ1) is 17.2. The van der Waals surface area contributed by atoms with Gasteiger partial charge in [-0.15, -0.1) is 0 Å². The van der Waals surface area contributed by atoms with Crippen LogP contribution in [-0.4, -0.2) is 36.7 Å². The minimum absolute atomic E-state index is 0.222. The summed E-state index contributed by atoms with van der Waals surface area (Å²) in [5.74, 6) is -1.10. The van der Waals surface area contributed by atoms with Crippen molar-refractivity contribution in [3.8, 4) is 0 Å². The summed E-state index contributed by atoms with van der Waals surface area (Å²) in [6, 6.07) is 0. The zero-order valence-corrected chi connectivity index (χ0v) is 14.8. The van der Waals surface area contributed by atoms with Crippen molar-refractivity contribution in [3.05, 3.63) is 0 Å². The molecule has 0 aromatic heterocycles. The molecular formula is C18H26O6. The van der Waals surface area contributed by atoms with Crippen molar-refractivity contribution in [1.82, 2.24) is 0 Å². The highest BCUT2D eigenvalue weighted by Gasteiger charge is 2.61. The highest BCUT2D eigenvalue weighted by Crippen LogP contribution is 2.59. The fourth-order valence-corrected chi connectivity index (χ4v) is 4.72. The lowest BCUT2D eigenvalue weighted by molar-refractivity contribution is -0.192. The number of carbonyl (C=O) groups excluding carboxylic acids is 3. The van der Waals surface area contributed by atoms with Gasteiger partial charge in [0, 0.05) is 12.8 Å². The molecule has 2 aliphatic carbocycles. The summed E-state index contributed by atoms with van der Waals surface area (Å²) in [6.07, 6.45) is 2.80. The van der Waals surface area contributed by atoms with Gasteiger partial charge in [-0.25, -0.2) is 0 Å². The summed E-state index contributed by atoms with van der Waals surface area (Å²) < 4.78 is 16.4. The Hall–Kier alpha value is -1.59. The molecule has 2 heterocycles. The number of carbonyl (C=O) groups is 3. The van der Waals surface area contributed by atoms with Crippen LogP contribution in [0.1, 0.15) is 59.3 Å². The SMILES string of the molecule is COC(=O)CC12CC3CC(OC(=O)C(C)(C)C)(CC(C1)C(=O)O3)C2. The van der Waals surface area contributed by atoms with E-state index < -0.39 is 11.0 Å². The maximum absolute atomic E-state index is 12.5. The van der Waals surface area contributed by atoms with Crippen molar-refractivity contribution in [1.29, 1.82) is 0 Å². The van der Waals surface area contributed by atoms with Crippen molar-refractivity contribution in [3.63, 3.8) is 0 Å². The minimum atomic E-state index is -0.712. The number of esters is 3. The molecule has 0 aromatic rings. The molecule has 4 fully saturated rings. The van der Waals surface area contributed by atoms with Crippen LogP contribution >= 0.6 is 0 Å². The second kappa shape index (κ2) is 5.46. The molecule has 0 amide bonds.